The average Bonchev–Trinajstić information content (AvgIpc) is 2.83. The van der Waals surface area contributed by atoms with E-state index in [2.05, 4.69) is 27.5 Å². The molecule has 1 aliphatic heterocycles. The van der Waals surface area contributed by atoms with Crippen molar-refractivity contribution in [3.05, 3.63) is 28.8 Å². The molecule has 3 rings (SSSR count). The Kier molecular flexibility index (Phi) is 2.79. The molecule has 6 nitrogen and oxygen atoms in total. The fourth-order valence-electron chi connectivity index (χ4n) is 2.55. The Hall–Kier alpha value is -1.82. The molecule has 1 saturated heterocycles. The second kappa shape index (κ2) is 4.45. The van der Waals surface area contributed by atoms with Crippen LogP contribution in [-0.2, 0) is 0 Å². The average molecular weight is 247 g/mol. The van der Waals surface area contributed by atoms with Crippen molar-refractivity contribution < 1.29 is 0 Å². The first-order valence-corrected chi connectivity index (χ1v) is 6.25. The molecule has 2 N–H and O–H groups in total. The quantitative estimate of drug-likeness (QED) is 0.812. The van der Waals surface area contributed by atoms with Crippen molar-refractivity contribution >= 4 is 11.3 Å². The largest absolute Gasteiger partial charge is 0.363 e. The Balaban J connectivity index is 1.88. The molecule has 96 valence electrons. The molecule has 1 unspecified atom stereocenters. The SMILES string of the molecule is CN1CCCC(Nc2n[nH]c(=O)n3cccc23)C1. The highest BCUT2D eigenvalue weighted by Crippen LogP contribution is 2.16. The summed E-state index contributed by atoms with van der Waals surface area (Å²) in [5, 5.41) is 10.0. The van der Waals surface area contributed by atoms with E-state index in [0.717, 1.165) is 30.8 Å². The van der Waals surface area contributed by atoms with Gasteiger partial charge in [0.25, 0.3) is 0 Å². The third-order valence-electron chi connectivity index (χ3n) is 3.44. The van der Waals surface area contributed by atoms with Gasteiger partial charge >= 0.3 is 5.69 Å². The first kappa shape index (κ1) is 11.3. The van der Waals surface area contributed by atoms with E-state index < -0.39 is 0 Å². The van der Waals surface area contributed by atoms with Crippen LogP contribution < -0.4 is 11.0 Å². The van der Waals surface area contributed by atoms with Crippen molar-refractivity contribution in [1.29, 1.82) is 0 Å². The molecule has 1 aliphatic rings. The highest BCUT2D eigenvalue weighted by molar-refractivity contribution is 5.67. The number of nitrogens with zero attached hydrogens (tertiary/aromatic N) is 3. The van der Waals surface area contributed by atoms with Crippen molar-refractivity contribution in [2.75, 3.05) is 25.5 Å². The molecule has 0 radical (unpaired) electrons. The molecule has 2 aromatic rings. The van der Waals surface area contributed by atoms with Gasteiger partial charge in [-0.05, 0) is 38.6 Å². The number of likely N-dealkylation sites (N-methyl/N-ethyl adjacent to an activating group) is 1. The van der Waals surface area contributed by atoms with Crippen LogP contribution in [0.2, 0.25) is 0 Å². The van der Waals surface area contributed by atoms with Gasteiger partial charge in [0, 0.05) is 18.8 Å². The van der Waals surface area contributed by atoms with Gasteiger partial charge in [-0.3, -0.25) is 4.40 Å². The number of anilines is 1. The summed E-state index contributed by atoms with van der Waals surface area (Å²) in [6, 6.07) is 4.14. The van der Waals surface area contributed by atoms with Gasteiger partial charge in [0.2, 0.25) is 0 Å². The zero-order valence-electron chi connectivity index (χ0n) is 10.4. The lowest BCUT2D eigenvalue weighted by Crippen LogP contribution is -2.40. The van der Waals surface area contributed by atoms with Gasteiger partial charge in [-0.25, -0.2) is 9.89 Å². The number of aromatic amines is 1. The van der Waals surface area contributed by atoms with Crippen LogP contribution in [0.15, 0.2) is 23.1 Å². The van der Waals surface area contributed by atoms with E-state index in [-0.39, 0.29) is 5.69 Å². The fourth-order valence-corrected chi connectivity index (χ4v) is 2.55. The lowest BCUT2D eigenvalue weighted by Gasteiger charge is -2.30. The predicted molar refractivity (Wildman–Crippen MR) is 70.0 cm³/mol. The Morgan fingerprint density at radius 3 is 3.28 bits per heavy atom. The standard InChI is InChI=1S/C12H17N5O/c1-16-6-2-4-9(8-16)13-11-10-5-3-7-17(10)12(18)15-14-11/h3,5,7,9H,2,4,6,8H2,1H3,(H,13,14)(H,15,18). The van der Waals surface area contributed by atoms with Gasteiger partial charge in [-0.15, -0.1) is 0 Å². The topological polar surface area (TPSA) is 65.4 Å². The van der Waals surface area contributed by atoms with Crippen LogP contribution in [0.4, 0.5) is 5.82 Å². The number of piperidine rings is 1. The molecule has 6 heteroatoms. The molecule has 0 saturated carbocycles. The molecule has 18 heavy (non-hydrogen) atoms. The van der Waals surface area contributed by atoms with E-state index in [0.29, 0.717) is 6.04 Å². The van der Waals surface area contributed by atoms with E-state index >= 15 is 0 Å². The van der Waals surface area contributed by atoms with Crippen LogP contribution in [0.3, 0.4) is 0 Å². The minimum absolute atomic E-state index is 0.207. The van der Waals surface area contributed by atoms with Gasteiger partial charge in [-0.1, -0.05) is 0 Å². The Morgan fingerprint density at radius 1 is 1.56 bits per heavy atom. The zero-order valence-corrected chi connectivity index (χ0v) is 10.4. The van der Waals surface area contributed by atoms with E-state index in [1.54, 1.807) is 10.6 Å². The second-order valence-electron chi connectivity index (χ2n) is 4.89. The Bertz CT molecular complexity index is 602. The molecule has 0 amide bonds. The highest BCUT2D eigenvalue weighted by atomic mass is 16.1. The summed E-state index contributed by atoms with van der Waals surface area (Å²) in [5.41, 5.74) is 0.619. The van der Waals surface area contributed by atoms with E-state index in [1.165, 1.54) is 6.42 Å². The number of nitrogens with one attached hydrogen (secondary N) is 2. The zero-order chi connectivity index (χ0) is 12.5. The van der Waals surface area contributed by atoms with Crippen molar-refractivity contribution in [3.8, 4) is 0 Å². The summed E-state index contributed by atoms with van der Waals surface area (Å²) in [4.78, 5) is 13.9. The maximum Gasteiger partial charge on any atom is 0.346 e. The van der Waals surface area contributed by atoms with Crippen LogP contribution in [0.5, 0.6) is 0 Å². The normalized spacial score (nSPS) is 21.3. The van der Waals surface area contributed by atoms with E-state index in [4.69, 9.17) is 0 Å². The third-order valence-corrected chi connectivity index (χ3v) is 3.44. The van der Waals surface area contributed by atoms with Gasteiger partial charge in [-0.2, -0.15) is 5.10 Å². The molecule has 0 bridgehead atoms. The number of H-pyrrole nitrogens is 1. The summed E-state index contributed by atoms with van der Waals surface area (Å²) in [7, 11) is 2.13. The lowest BCUT2D eigenvalue weighted by molar-refractivity contribution is 0.260. The predicted octanol–water partition coefficient (Wildman–Crippen LogP) is 0.529. The molecular formula is C12H17N5O. The monoisotopic (exact) mass is 247 g/mol. The smallest absolute Gasteiger partial charge is 0.346 e. The summed E-state index contributed by atoms with van der Waals surface area (Å²) >= 11 is 0. The number of hydrogen-bond acceptors (Lipinski definition) is 4. The van der Waals surface area contributed by atoms with Crippen LogP contribution in [0, 0.1) is 0 Å². The molecule has 1 atom stereocenters. The summed E-state index contributed by atoms with van der Waals surface area (Å²) in [5.74, 6) is 0.750. The van der Waals surface area contributed by atoms with Gasteiger partial charge in [0.1, 0.15) is 0 Å². The molecule has 2 aromatic heterocycles. The molecule has 0 aliphatic carbocycles. The van der Waals surface area contributed by atoms with Gasteiger partial charge in [0.15, 0.2) is 5.82 Å². The van der Waals surface area contributed by atoms with Crippen molar-refractivity contribution in [2.45, 2.75) is 18.9 Å². The summed E-state index contributed by atoms with van der Waals surface area (Å²) in [6.07, 6.45) is 4.07. The highest BCUT2D eigenvalue weighted by Gasteiger charge is 2.18. The number of aromatic nitrogens is 3. The Morgan fingerprint density at radius 2 is 2.44 bits per heavy atom. The maximum absolute atomic E-state index is 11.5. The minimum Gasteiger partial charge on any atom is -0.363 e. The molecule has 0 aromatic carbocycles. The van der Waals surface area contributed by atoms with Crippen molar-refractivity contribution in [1.82, 2.24) is 19.5 Å². The first-order valence-electron chi connectivity index (χ1n) is 6.25. The first-order chi connectivity index (χ1) is 8.74. The number of likely N-dealkylation sites (tertiary alicyclic amines) is 1. The molecule has 3 heterocycles. The van der Waals surface area contributed by atoms with Crippen LogP contribution in [0.25, 0.3) is 5.52 Å². The molecular weight excluding hydrogens is 230 g/mol. The summed E-state index contributed by atoms with van der Waals surface area (Å²) < 4.78 is 1.57. The minimum atomic E-state index is -0.207. The summed E-state index contributed by atoms with van der Waals surface area (Å²) in [6.45, 7) is 2.16. The molecule has 0 spiro atoms. The van der Waals surface area contributed by atoms with Crippen LogP contribution in [0.1, 0.15) is 12.8 Å². The molecule has 1 fully saturated rings. The van der Waals surface area contributed by atoms with Crippen LogP contribution in [-0.4, -0.2) is 45.7 Å². The number of rotatable bonds is 2. The number of fused-ring (bicyclic) bond motifs is 1. The van der Waals surface area contributed by atoms with Crippen LogP contribution >= 0.6 is 0 Å². The Labute approximate surface area is 105 Å². The fraction of sp³-hybridized carbons (Fsp3) is 0.500. The van der Waals surface area contributed by atoms with E-state index in [9.17, 15) is 4.79 Å². The van der Waals surface area contributed by atoms with Crippen molar-refractivity contribution in [3.63, 3.8) is 0 Å². The third kappa shape index (κ3) is 1.99. The maximum atomic E-state index is 11.5. The van der Waals surface area contributed by atoms with Gasteiger partial charge in [0.05, 0.1) is 5.52 Å². The van der Waals surface area contributed by atoms with E-state index in [1.807, 2.05) is 12.1 Å². The lowest BCUT2D eigenvalue weighted by atomic mass is 10.1. The van der Waals surface area contributed by atoms with Crippen molar-refractivity contribution in [2.24, 2.45) is 0 Å². The number of hydrogen-bond donors (Lipinski definition) is 2. The second-order valence-corrected chi connectivity index (χ2v) is 4.89. The van der Waals surface area contributed by atoms with Gasteiger partial charge < -0.3 is 10.2 Å².